The Morgan fingerprint density at radius 2 is 1.71 bits per heavy atom. The van der Waals surface area contributed by atoms with Crippen LogP contribution in [0.1, 0.15) is 5.56 Å². The average Bonchev–Trinajstić information content (AvgIpc) is 2.57. The van der Waals surface area contributed by atoms with Gasteiger partial charge in [-0.2, -0.15) is 0 Å². The predicted octanol–water partition coefficient (Wildman–Crippen LogP) is 3.73. The normalized spacial score (nSPS) is 10.1. The summed E-state index contributed by atoms with van der Waals surface area (Å²) >= 11 is 11.9. The first-order valence-corrected chi connectivity index (χ1v) is 7.78. The molecule has 0 saturated heterocycles. The fourth-order valence-corrected chi connectivity index (χ4v) is 2.49. The number of anilines is 1. The number of esters is 1. The van der Waals surface area contributed by atoms with Crippen molar-refractivity contribution in [1.82, 2.24) is 0 Å². The molecule has 1 N–H and O–H groups in total. The van der Waals surface area contributed by atoms with Gasteiger partial charge >= 0.3 is 5.97 Å². The molecule has 0 atom stereocenters. The second-order valence-corrected chi connectivity index (χ2v) is 5.61. The van der Waals surface area contributed by atoms with Gasteiger partial charge in [-0.05, 0) is 18.2 Å². The Bertz CT molecular complexity index is 729. The number of hydrogen-bond donors (Lipinski definition) is 1. The molecule has 0 fully saturated rings. The number of amides is 1. The lowest BCUT2D eigenvalue weighted by molar-refractivity contribution is -0.146. The number of hydrogen-bond acceptors (Lipinski definition) is 4. The zero-order valence-corrected chi connectivity index (χ0v) is 14.4. The molecule has 0 aliphatic heterocycles. The minimum absolute atomic E-state index is 0.00411. The van der Waals surface area contributed by atoms with E-state index in [4.69, 9.17) is 32.7 Å². The van der Waals surface area contributed by atoms with Crippen molar-refractivity contribution in [2.24, 2.45) is 0 Å². The average molecular weight is 368 g/mol. The van der Waals surface area contributed by atoms with Gasteiger partial charge in [0.25, 0.3) is 5.91 Å². The molecule has 0 heterocycles. The van der Waals surface area contributed by atoms with E-state index in [0.29, 0.717) is 21.4 Å². The molecule has 2 rings (SSSR count). The molecule has 0 aliphatic carbocycles. The van der Waals surface area contributed by atoms with Crippen LogP contribution in [0.25, 0.3) is 0 Å². The van der Waals surface area contributed by atoms with Crippen molar-refractivity contribution in [3.63, 3.8) is 0 Å². The fourth-order valence-electron chi connectivity index (χ4n) is 1.99. The van der Waals surface area contributed by atoms with E-state index in [2.05, 4.69) is 5.32 Å². The highest BCUT2D eigenvalue weighted by molar-refractivity contribution is 6.39. The number of methoxy groups -OCH3 is 1. The molecular formula is C17H15Cl2NO4. The summed E-state index contributed by atoms with van der Waals surface area (Å²) in [5, 5.41) is 3.12. The summed E-state index contributed by atoms with van der Waals surface area (Å²) < 4.78 is 10.1. The minimum atomic E-state index is -0.542. The van der Waals surface area contributed by atoms with Gasteiger partial charge in [-0.1, -0.05) is 47.5 Å². The maximum Gasteiger partial charge on any atom is 0.310 e. The molecule has 7 heteroatoms. The molecule has 126 valence electrons. The van der Waals surface area contributed by atoms with E-state index in [-0.39, 0.29) is 12.1 Å². The maximum atomic E-state index is 11.9. The van der Waals surface area contributed by atoms with E-state index in [1.807, 2.05) is 0 Å². The van der Waals surface area contributed by atoms with Crippen LogP contribution in [0.2, 0.25) is 10.0 Å². The quantitative estimate of drug-likeness (QED) is 0.790. The predicted molar refractivity (Wildman–Crippen MR) is 92.7 cm³/mol. The number of carbonyl (C=O) groups excluding carboxylic acids is 2. The van der Waals surface area contributed by atoms with Gasteiger partial charge in [0.1, 0.15) is 5.75 Å². The second kappa shape index (κ2) is 8.57. The number of halogens is 2. The van der Waals surface area contributed by atoms with Gasteiger partial charge in [-0.3, -0.25) is 9.59 Å². The monoisotopic (exact) mass is 367 g/mol. The Morgan fingerprint density at radius 1 is 1.04 bits per heavy atom. The third kappa shape index (κ3) is 4.88. The van der Waals surface area contributed by atoms with E-state index in [9.17, 15) is 9.59 Å². The van der Waals surface area contributed by atoms with Crippen molar-refractivity contribution < 1.29 is 19.1 Å². The lowest BCUT2D eigenvalue weighted by Gasteiger charge is -2.10. The number of carbonyl (C=O) groups is 2. The van der Waals surface area contributed by atoms with Gasteiger partial charge in [0.05, 0.1) is 29.3 Å². The summed E-state index contributed by atoms with van der Waals surface area (Å²) in [4.78, 5) is 23.7. The molecule has 1 amide bonds. The Hall–Kier alpha value is -2.24. The lowest BCUT2D eigenvalue weighted by atomic mass is 10.1. The van der Waals surface area contributed by atoms with Crippen LogP contribution < -0.4 is 10.1 Å². The summed E-state index contributed by atoms with van der Waals surface area (Å²) in [5.74, 6) is -0.486. The van der Waals surface area contributed by atoms with Gasteiger partial charge in [-0.15, -0.1) is 0 Å². The number of para-hydroxylation sites is 2. The van der Waals surface area contributed by atoms with E-state index in [1.54, 1.807) is 42.5 Å². The Balaban J connectivity index is 1.88. The molecule has 0 bridgehead atoms. The van der Waals surface area contributed by atoms with Gasteiger partial charge in [0.2, 0.25) is 0 Å². The first-order valence-electron chi connectivity index (χ1n) is 7.02. The highest BCUT2D eigenvalue weighted by Gasteiger charge is 2.13. The first-order chi connectivity index (χ1) is 11.5. The molecule has 0 radical (unpaired) electrons. The first kappa shape index (κ1) is 18.1. The summed E-state index contributed by atoms with van der Waals surface area (Å²) in [7, 11) is 1.52. The van der Waals surface area contributed by atoms with Crippen molar-refractivity contribution in [2.45, 2.75) is 6.42 Å². The Kier molecular flexibility index (Phi) is 6.46. The highest BCUT2D eigenvalue weighted by Crippen LogP contribution is 2.29. The van der Waals surface area contributed by atoms with Crippen LogP contribution in [0, 0.1) is 0 Å². The number of rotatable bonds is 6. The van der Waals surface area contributed by atoms with Crippen LogP contribution in [0.5, 0.6) is 5.75 Å². The lowest BCUT2D eigenvalue weighted by Crippen LogP contribution is -2.22. The topological polar surface area (TPSA) is 64.6 Å². The van der Waals surface area contributed by atoms with Crippen LogP contribution in [0.15, 0.2) is 42.5 Å². The smallest absolute Gasteiger partial charge is 0.310 e. The summed E-state index contributed by atoms with van der Waals surface area (Å²) in [5.41, 5.74) is 0.964. The molecule has 2 aromatic carbocycles. The molecule has 2 aromatic rings. The number of ether oxygens (including phenoxy) is 2. The van der Waals surface area contributed by atoms with Crippen molar-refractivity contribution >= 4 is 40.8 Å². The highest BCUT2D eigenvalue weighted by atomic mass is 35.5. The molecule has 0 aliphatic rings. The largest absolute Gasteiger partial charge is 0.496 e. The van der Waals surface area contributed by atoms with Crippen molar-refractivity contribution in [3.05, 3.63) is 58.1 Å². The van der Waals surface area contributed by atoms with E-state index < -0.39 is 18.5 Å². The van der Waals surface area contributed by atoms with Gasteiger partial charge in [0.15, 0.2) is 6.61 Å². The standard InChI is InChI=1S/C17H15Cl2NO4/c1-23-14-8-3-2-5-11(14)9-16(22)24-10-15(21)20-17-12(18)6-4-7-13(17)19/h2-8H,9-10H2,1H3,(H,20,21). The van der Waals surface area contributed by atoms with Crippen molar-refractivity contribution in [1.29, 1.82) is 0 Å². The molecule has 0 unspecified atom stereocenters. The molecule has 0 aromatic heterocycles. The second-order valence-electron chi connectivity index (χ2n) is 4.79. The van der Waals surface area contributed by atoms with E-state index in [0.717, 1.165) is 0 Å². The fraction of sp³-hybridized carbons (Fsp3) is 0.176. The van der Waals surface area contributed by atoms with Crippen LogP contribution >= 0.6 is 23.2 Å². The zero-order valence-electron chi connectivity index (χ0n) is 12.8. The Labute approximate surface area is 149 Å². The minimum Gasteiger partial charge on any atom is -0.496 e. The van der Waals surface area contributed by atoms with Crippen LogP contribution in [0.4, 0.5) is 5.69 Å². The number of benzene rings is 2. The van der Waals surface area contributed by atoms with Crippen molar-refractivity contribution in [3.8, 4) is 5.75 Å². The molecular weight excluding hydrogens is 353 g/mol. The summed E-state index contributed by atoms with van der Waals surface area (Å²) in [6.07, 6.45) is 0.00411. The Morgan fingerprint density at radius 3 is 2.38 bits per heavy atom. The summed E-state index contributed by atoms with van der Waals surface area (Å²) in [6.45, 7) is -0.435. The van der Waals surface area contributed by atoms with Crippen molar-refractivity contribution in [2.75, 3.05) is 19.0 Å². The van der Waals surface area contributed by atoms with Crippen LogP contribution in [-0.2, 0) is 20.7 Å². The van der Waals surface area contributed by atoms with Crippen LogP contribution in [0.3, 0.4) is 0 Å². The van der Waals surface area contributed by atoms with E-state index >= 15 is 0 Å². The summed E-state index contributed by atoms with van der Waals surface area (Å²) in [6, 6.07) is 11.9. The molecule has 24 heavy (non-hydrogen) atoms. The third-order valence-electron chi connectivity index (χ3n) is 3.12. The maximum absolute atomic E-state index is 11.9. The zero-order chi connectivity index (χ0) is 17.5. The van der Waals surface area contributed by atoms with Crippen LogP contribution in [-0.4, -0.2) is 25.6 Å². The third-order valence-corrected chi connectivity index (χ3v) is 3.75. The van der Waals surface area contributed by atoms with Gasteiger partial charge < -0.3 is 14.8 Å². The van der Waals surface area contributed by atoms with E-state index in [1.165, 1.54) is 7.11 Å². The molecule has 0 saturated carbocycles. The van der Waals surface area contributed by atoms with Gasteiger partial charge in [-0.25, -0.2) is 0 Å². The number of nitrogens with one attached hydrogen (secondary N) is 1. The van der Waals surface area contributed by atoms with Gasteiger partial charge in [0, 0.05) is 5.56 Å². The SMILES string of the molecule is COc1ccccc1CC(=O)OCC(=O)Nc1c(Cl)cccc1Cl. The molecule has 5 nitrogen and oxygen atoms in total. The molecule has 0 spiro atoms.